The lowest BCUT2D eigenvalue weighted by Crippen LogP contribution is -3.13. The molecule has 1 unspecified atom stereocenters. The molecular weight excluding hydrogens is 364 g/mol. The van der Waals surface area contributed by atoms with Gasteiger partial charge in [-0.05, 0) is 31.5 Å². The fraction of sp³-hybridized carbons (Fsp3) is 0.458. The number of methoxy groups -OCH3 is 2. The molecule has 1 aliphatic heterocycles. The summed E-state index contributed by atoms with van der Waals surface area (Å²) in [5, 5.41) is 3.20. The summed E-state index contributed by atoms with van der Waals surface area (Å²) in [6.07, 6.45) is 1.46. The van der Waals surface area contributed by atoms with Gasteiger partial charge in [-0.2, -0.15) is 0 Å². The second kappa shape index (κ2) is 9.31. The summed E-state index contributed by atoms with van der Waals surface area (Å²) < 4.78 is 11.1. The quantitative estimate of drug-likeness (QED) is 0.755. The van der Waals surface area contributed by atoms with E-state index >= 15 is 0 Å². The Bertz CT molecular complexity index is 848. The molecule has 5 nitrogen and oxygen atoms in total. The molecule has 0 spiro atoms. The van der Waals surface area contributed by atoms with E-state index in [1.807, 2.05) is 6.92 Å². The van der Waals surface area contributed by atoms with Crippen molar-refractivity contribution in [1.82, 2.24) is 5.32 Å². The van der Waals surface area contributed by atoms with Crippen molar-refractivity contribution < 1.29 is 19.2 Å². The Balaban J connectivity index is 1.98. The molecule has 0 aromatic heterocycles. The van der Waals surface area contributed by atoms with Gasteiger partial charge in [-0.15, -0.1) is 0 Å². The number of nitrogens with one attached hydrogen (secondary N) is 2. The van der Waals surface area contributed by atoms with Crippen molar-refractivity contribution in [2.45, 2.75) is 52.2 Å². The van der Waals surface area contributed by atoms with Crippen molar-refractivity contribution in [3.8, 4) is 11.5 Å². The third kappa shape index (κ3) is 4.73. The normalized spacial score (nSPS) is 19.2. The maximum absolute atomic E-state index is 12.1. The molecule has 0 aliphatic carbocycles. The zero-order valence-corrected chi connectivity index (χ0v) is 18.2. The van der Waals surface area contributed by atoms with E-state index in [0.717, 1.165) is 31.0 Å². The molecule has 3 atom stereocenters. The Hall–Kier alpha value is -2.53. The van der Waals surface area contributed by atoms with Gasteiger partial charge in [-0.3, -0.25) is 4.79 Å². The van der Waals surface area contributed by atoms with Gasteiger partial charge in [0.1, 0.15) is 12.6 Å². The molecular formula is C24H33N2O3+. The molecule has 1 aliphatic rings. The number of hydrogen-bond acceptors (Lipinski definition) is 3. The molecule has 3 rings (SSSR count). The molecule has 2 aromatic carbocycles. The molecule has 2 aromatic rings. The summed E-state index contributed by atoms with van der Waals surface area (Å²) in [6, 6.07) is 13.1. The maximum atomic E-state index is 12.1. The highest BCUT2D eigenvalue weighted by Crippen LogP contribution is 2.35. The molecule has 5 heteroatoms. The van der Waals surface area contributed by atoms with Crippen LogP contribution in [-0.4, -0.2) is 32.7 Å². The number of fused-ring (bicyclic) bond motifs is 1. The van der Waals surface area contributed by atoms with Crippen molar-refractivity contribution in [3.63, 3.8) is 0 Å². The van der Waals surface area contributed by atoms with Gasteiger partial charge in [0.25, 0.3) is 0 Å². The smallest absolute Gasteiger partial charge is 0.220 e. The molecule has 29 heavy (non-hydrogen) atoms. The predicted molar refractivity (Wildman–Crippen MR) is 115 cm³/mol. The van der Waals surface area contributed by atoms with Crippen LogP contribution in [0.15, 0.2) is 36.4 Å². The lowest BCUT2D eigenvalue weighted by Gasteiger charge is -2.38. The second-order valence-corrected chi connectivity index (χ2v) is 7.91. The molecule has 0 bridgehead atoms. The average molecular weight is 398 g/mol. The Morgan fingerprint density at radius 3 is 2.45 bits per heavy atom. The number of hydrogen-bond donors (Lipinski definition) is 2. The summed E-state index contributed by atoms with van der Waals surface area (Å²) in [5.41, 5.74) is 5.09. The summed E-state index contributed by atoms with van der Waals surface area (Å²) in [5.74, 6) is 1.58. The molecule has 1 heterocycles. The predicted octanol–water partition coefficient (Wildman–Crippen LogP) is 2.61. The summed E-state index contributed by atoms with van der Waals surface area (Å²) in [4.78, 5) is 13.6. The fourth-order valence-electron chi connectivity index (χ4n) is 4.34. The third-order valence-corrected chi connectivity index (χ3v) is 5.90. The number of ether oxygens (including phenoxy) is 2. The number of aryl methyl sites for hydroxylation is 1. The summed E-state index contributed by atoms with van der Waals surface area (Å²) >= 11 is 0. The molecule has 156 valence electrons. The first kappa shape index (κ1) is 21.2. The van der Waals surface area contributed by atoms with Crippen LogP contribution in [0.4, 0.5) is 0 Å². The van der Waals surface area contributed by atoms with Crippen LogP contribution in [0.1, 0.15) is 48.6 Å². The Kier molecular flexibility index (Phi) is 6.80. The molecule has 0 saturated heterocycles. The standard InChI is InChI=1S/C24H32N2O3/c1-6-23(27)25-17(3)24-20-14-22(29-5)21(28-4)13-19(20)11-12-26(24)15-18-9-7-16(2)8-10-18/h7-10,13-14,17,24H,6,11-12,15H2,1-5H3,(H,25,27)/p+1/t17-,24+/m1/s1. The van der Waals surface area contributed by atoms with Crippen molar-refractivity contribution >= 4 is 5.91 Å². The van der Waals surface area contributed by atoms with Crippen molar-refractivity contribution in [3.05, 3.63) is 58.7 Å². The van der Waals surface area contributed by atoms with Crippen molar-refractivity contribution in [2.24, 2.45) is 0 Å². The third-order valence-electron chi connectivity index (χ3n) is 5.90. The van der Waals surface area contributed by atoms with E-state index < -0.39 is 0 Å². The lowest BCUT2D eigenvalue weighted by atomic mass is 9.87. The lowest BCUT2D eigenvalue weighted by molar-refractivity contribution is -0.948. The first-order valence-corrected chi connectivity index (χ1v) is 10.4. The minimum atomic E-state index is 0.0139. The van der Waals surface area contributed by atoms with Crippen molar-refractivity contribution in [2.75, 3.05) is 20.8 Å². The SMILES string of the molecule is CCC(=O)N[C@H](C)[C@H]1c2cc(OC)c(OC)cc2CC[NH+]1Cc1ccc(C)cc1. The van der Waals surface area contributed by atoms with Gasteiger partial charge in [0.05, 0.1) is 26.8 Å². The zero-order valence-electron chi connectivity index (χ0n) is 18.2. The van der Waals surface area contributed by atoms with E-state index in [0.29, 0.717) is 6.42 Å². The van der Waals surface area contributed by atoms with E-state index in [2.05, 4.69) is 55.6 Å². The second-order valence-electron chi connectivity index (χ2n) is 7.91. The van der Waals surface area contributed by atoms with Gasteiger partial charge in [0.2, 0.25) is 5.91 Å². The van der Waals surface area contributed by atoms with E-state index in [1.54, 1.807) is 14.2 Å². The number of carbonyl (C=O) groups excluding carboxylic acids is 1. The van der Waals surface area contributed by atoms with Crippen LogP contribution in [0.2, 0.25) is 0 Å². The largest absolute Gasteiger partial charge is 0.493 e. The molecule has 1 amide bonds. The molecule has 0 saturated carbocycles. The number of amides is 1. The summed E-state index contributed by atoms with van der Waals surface area (Å²) in [7, 11) is 3.34. The van der Waals surface area contributed by atoms with Gasteiger partial charge in [0, 0.05) is 24.0 Å². The van der Waals surface area contributed by atoms with Gasteiger partial charge in [-0.25, -0.2) is 0 Å². The monoisotopic (exact) mass is 397 g/mol. The summed E-state index contributed by atoms with van der Waals surface area (Å²) in [6.45, 7) is 8.04. The zero-order chi connectivity index (χ0) is 21.0. The number of rotatable bonds is 7. The number of quaternary nitrogens is 1. The van der Waals surface area contributed by atoms with Crippen LogP contribution in [0.3, 0.4) is 0 Å². The Labute approximate surface area is 174 Å². The minimum Gasteiger partial charge on any atom is -0.493 e. The molecule has 0 radical (unpaired) electrons. The van der Waals surface area contributed by atoms with E-state index in [9.17, 15) is 4.79 Å². The van der Waals surface area contributed by atoms with Crippen LogP contribution >= 0.6 is 0 Å². The van der Waals surface area contributed by atoms with Crippen LogP contribution in [0.5, 0.6) is 11.5 Å². The van der Waals surface area contributed by atoms with Crippen LogP contribution < -0.4 is 19.7 Å². The van der Waals surface area contributed by atoms with Gasteiger partial charge >= 0.3 is 0 Å². The maximum Gasteiger partial charge on any atom is 0.220 e. The van der Waals surface area contributed by atoms with E-state index in [4.69, 9.17) is 9.47 Å². The van der Waals surface area contributed by atoms with Gasteiger partial charge < -0.3 is 19.7 Å². The Morgan fingerprint density at radius 2 is 1.83 bits per heavy atom. The van der Waals surface area contributed by atoms with E-state index in [1.165, 1.54) is 27.2 Å². The highest BCUT2D eigenvalue weighted by atomic mass is 16.5. The highest BCUT2D eigenvalue weighted by molar-refractivity contribution is 5.75. The fourth-order valence-corrected chi connectivity index (χ4v) is 4.34. The van der Waals surface area contributed by atoms with Crippen LogP contribution in [-0.2, 0) is 17.8 Å². The molecule has 2 N–H and O–H groups in total. The number of carbonyl (C=O) groups is 1. The average Bonchev–Trinajstić information content (AvgIpc) is 2.73. The van der Waals surface area contributed by atoms with Crippen molar-refractivity contribution in [1.29, 1.82) is 0 Å². The van der Waals surface area contributed by atoms with Gasteiger partial charge in [-0.1, -0.05) is 36.8 Å². The highest BCUT2D eigenvalue weighted by Gasteiger charge is 2.37. The van der Waals surface area contributed by atoms with Crippen LogP contribution in [0, 0.1) is 6.92 Å². The van der Waals surface area contributed by atoms with Gasteiger partial charge in [0.15, 0.2) is 11.5 Å². The first-order chi connectivity index (χ1) is 14.0. The Morgan fingerprint density at radius 1 is 1.17 bits per heavy atom. The van der Waals surface area contributed by atoms with E-state index in [-0.39, 0.29) is 18.0 Å². The topological polar surface area (TPSA) is 52.0 Å². The minimum absolute atomic E-state index is 0.0139. The molecule has 0 fully saturated rings. The van der Waals surface area contributed by atoms with Crippen LogP contribution in [0.25, 0.3) is 0 Å². The number of benzene rings is 2. The first-order valence-electron chi connectivity index (χ1n) is 10.4.